The first-order valence-electron chi connectivity index (χ1n) is 11.4. The highest BCUT2D eigenvalue weighted by atomic mass is 19.1. The predicted octanol–water partition coefficient (Wildman–Crippen LogP) is 5.55. The molecule has 7 heteroatoms. The van der Waals surface area contributed by atoms with Crippen LogP contribution in [0.15, 0.2) is 71.3 Å². The number of aromatic nitrogens is 3. The van der Waals surface area contributed by atoms with E-state index < -0.39 is 5.97 Å². The summed E-state index contributed by atoms with van der Waals surface area (Å²) in [5.74, 6) is 0.240. The lowest BCUT2D eigenvalue weighted by Crippen LogP contribution is -2.08. The average Bonchev–Trinajstić information content (AvgIpc) is 3.34. The fourth-order valence-electron chi connectivity index (χ4n) is 4.26. The van der Waals surface area contributed by atoms with Gasteiger partial charge >= 0.3 is 5.97 Å². The van der Waals surface area contributed by atoms with Gasteiger partial charge in [-0.2, -0.15) is 0 Å². The summed E-state index contributed by atoms with van der Waals surface area (Å²) in [6, 6.07) is 18.1. The molecule has 0 amide bonds. The summed E-state index contributed by atoms with van der Waals surface area (Å²) in [6.07, 6.45) is 2.16. The van der Waals surface area contributed by atoms with E-state index in [0.29, 0.717) is 46.2 Å². The van der Waals surface area contributed by atoms with Gasteiger partial charge in [0.15, 0.2) is 5.65 Å². The Bertz CT molecular complexity index is 1520. The van der Waals surface area contributed by atoms with Crippen LogP contribution in [-0.4, -0.2) is 25.4 Å². The van der Waals surface area contributed by atoms with Crippen LogP contribution in [0.3, 0.4) is 0 Å². The molecule has 6 nitrogen and oxygen atoms in total. The van der Waals surface area contributed by atoms with Crippen molar-refractivity contribution >= 4 is 11.6 Å². The highest BCUT2D eigenvalue weighted by Crippen LogP contribution is 2.27. The van der Waals surface area contributed by atoms with E-state index in [2.05, 4.69) is 0 Å². The van der Waals surface area contributed by atoms with Crippen LogP contribution < -0.4 is 0 Å². The first-order valence-corrected chi connectivity index (χ1v) is 11.4. The van der Waals surface area contributed by atoms with E-state index in [4.69, 9.17) is 14.4 Å². The van der Waals surface area contributed by atoms with Crippen molar-refractivity contribution in [2.45, 2.75) is 33.1 Å². The fraction of sp³-hybridized carbons (Fsp3) is 0.179. The van der Waals surface area contributed by atoms with E-state index in [0.717, 1.165) is 16.9 Å². The summed E-state index contributed by atoms with van der Waals surface area (Å²) < 4.78 is 22.2. The lowest BCUT2D eigenvalue weighted by atomic mass is 10.1. The lowest BCUT2D eigenvalue weighted by Gasteiger charge is -2.10. The van der Waals surface area contributed by atoms with Crippen LogP contribution in [0.5, 0.6) is 0 Å². The molecule has 0 atom stereocenters. The van der Waals surface area contributed by atoms with Crippen LogP contribution >= 0.6 is 0 Å². The quantitative estimate of drug-likeness (QED) is 0.338. The van der Waals surface area contributed by atoms with Crippen LogP contribution in [0.2, 0.25) is 0 Å². The topological polar surface area (TPSA) is 80.6 Å². The summed E-state index contributed by atoms with van der Waals surface area (Å²) in [5, 5.41) is 9.68. The van der Waals surface area contributed by atoms with Gasteiger partial charge in [-0.15, -0.1) is 0 Å². The van der Waals surface area contributed by atoms with Crippen molar-refractivity contribution in [2.24, 2.45) is 0 Å². The minimum atomic E-state index is -0.964. The van der Waals surface area contributed by atoms with Gasteiger partial charge < -0.3 is 9.52 Å². The molecule has 35 heavy (non-hydrogen) atoms. The summed E-state index contributed by atoms with van der Waals surface area (Å²) in [7, 11) is 0. The molecule has 0 aliphatic carbocycles. The molecular formula is C28H24FN3O3. The second-order valence-corrected chi connectivity index (χ2v) is 8.61. The Kier molecular flexibility index (Phi) is 5.91. The molecule has 1 N–H and O–H groups in total. The highest BCUT2D eigenvalue weighted by Gasteiger charge is 2.21. The molecule has 0 unspecified atom stereocenters. The molecule has 176 valence electrons. The molecule has 0 spiro atoms. The standard InChI is InChI=1S/C28H24FN3O3/c1-17-12-21(35-18(17)2)14-23-26(15-27(33)34)32-16-25(19-8-4-3-5-9-19)30-24(28(32)31-23)13-20-10-6-7-11-22(20)29/h3-12,16H,13-15H2,1-2H3,(H,33,34). The zero-order valence-corrected chi connectivity index (χ0v) is 19.5. The minimum Gasteiger partial charge on any atom is -0.481 e. The van der Waals surface area contributed by atoms with Crippen molar-refractivity contribution < 1.29 is 18.7 Å². The number of rotatable bonds is 7. The molecule has 0 radical (unpaired) electrons. The highest BCUT2D eigenvalue weighted by molar-refractivity contribution is 5.71. The van der Waals surface area contributed by atoms with Crippen molar-refractivity contribution in [2.75, 3.05) is 0 Å². The number of aryl methyl sites for hydroxylation is 2. The van der Waals surface area contributed by atoms with Gasteiger partial charge in [0.25, 0.3) is 0 Å². The molecule has 2 aromatic carbocycles. The third-order valence-electron chi connectivity index (χ3n) is 6.12. The third-order valence-corrected chi connectivity index (χ3v) is 6.12. The number of hydrogen-bond acceptors (Lipinski definition) is 4. The molecule has 0 saturated heterocycles. The normalized spacial score (nSPS) is 11.3. The van der Waals surface area contributed by atoms with Gasteiger partial charge in [0.2, 0.25) is 0 Å². The maximum Gasteiger partial charge on any atom is 0.309 e. The van der Waals surface area contributed by atoms with Crippen LogP contribution in [-0.2, 0) is 24.1 Å². The minimum absolute atomic E-state index is 0.216. The number of carboxylic acid groups (broad SMARTS) is 1. The Labute approximate surface area is 201 Å². The largest absolute Gasteiger partial charge is 0.481 e. The molecule has 0 aliphatic heterocycles. The number of halogens is 1. The Morgan fingerprint density at radius 1 is 1.00 bits per heavy atom. The number of carbonyl (C=O) groups is 1. The van der Waals surface area contributed by atoms with Crippen molar-refractivity contribution in [1.82, 2.24) is 14.4 Å². The molecule has 0 bridgehead atoms. The first kappa shape index (κ1) is 22.5. The number of benzene rings is 2. The summed E-state index contributed by atoms with van der Waals surface area (Å²) in [6.45, 7) is 3.86. The van der Waals surface area contributed by atoms with E-state index in [1.165, 1.54) is 6.07 Å². The number of imidazole rings is 1. The predicted molar refractivity (Wildman–Crippen MR) is 130 cm³/mol. The SMILES string of the molecule is Cc1cc(Cc2nc3c(Cc4ccccc4F)nc(-c4ccccc4)cn3c2CC(=O)O)oc1C. The van der Waals surface area contributed by atoms with E-state index in [1.54, 1.807) is 22.6 Å². The maximum absolute atomic E-state index is 14.5. The number of nitrogens with zero attached hydrogens (tertiary/aromatic N) is 3. The third kappa shape index (κ3) is 4.57. The molecule has 5 aromatic rings. The molecular weight excluding hydrogens is 445 g/mol. The van der Waals surface area contributed by atoms with Gasteiger partial charge in [0, 0.05) is 18.2 Å². The summed E-state index contributed by atoms with van der Waals surface area (Å²) in [5.41, 5.74) is 5.28. The summed E-state index contributed by atoms with van der Waals surface area (Å²) in [4.78, 5) is 21.5. The molecule has 5 rings (SSSR count). The second-order valence-electron chi connectivity index (χ2n) is 8.61. The van der Waals surface area contributed by atoms with E-state index in [9.17, 15) is 14.3 Å². The molecule has 0 aliphatic rings. The van der Waals surface area contributed by atoms with Crippen molar-refractivity contribution in [3.63, 3.8) is 0 Å². The van der Waals surface area contributed by atoms with Crippen LogP contribution in [0.4, 0.5) is 4.39 Å². The van der Waals surface area contributed by atoms with E-state index in [-0.39, 0.29) is 18.7 Å². The van der Waals surface area contributed by atoms with Crippen molar-refractivity contribution in [1.29, 1.82) is 0 Å². The van der Waals surface area contributed by atoms with Gasteiger partial charge in [-0.05, 0) is 37.1 Å². The van der Waals surface area contributed by atoms with Crippen LogP contribution in [0, 0.1) is 19.7 Å². The second kappa shape index (κ2) is 9.18. The fourth-order valence-corrected chi connectivity index (χ4v) is 4.26. The zero-order chi connectivity index (χ0) is 24.5. The Balaban J connectivity index is 1.72. The first-order chi connectivity index (χ1) is 16.9. The van der Waals surface area contributed by atoms with Crippen LogP contribution in [0.1, 0.15) is 39.7 Å². The van der Waals surface area contributed by atoms with E-state index in [1.807, 2.05) is 56.4 Å². The average molecular weight is 470 g/mol. The number of hydrogen-bond donors (Lipinski definition) is 1. The van der Waals surface area contributed by atoms with Gasteiger partial charge in [0.1, 0.15) is 17.3 Å². The number of furan rings is 1. The number of aliphatic carboxylic acids is 1. The van der Waals surface area contributed by atoms with E-state index >= 15 is 0 Å². The lowest BCUT2D eigenvalue weighted by molar-refractivity contribution is -0.136. The molecule has 3 aromatic heterocycles. The van der Waals surface area contributed by atoms with Crippen molar-refractivity contribution in [3.8, 4) is 11.3 Å². The van der Waals surface area contributed by atoms with Gasteiger partial charge in [-0.1, -0.05) is 48.5 Å². The Hall–Kier alpha value is -4.26. The smallest absolute Gasteiger partial charge is 0.309 e. The number of carboxylic acids is 1. The van der Waals surface area contributed by atoms with Gasteiger partial charge in [-0.25, -0.2) is 14.4 Å². The molecule has 3 heterocycles. The van der Waals surface area contributed by atoms with Crippen LogP contribution in [0.25, 0.3) is 16.9 Å². The molecule has 0 saturated carbocycles. The van der Waals surface area contributed by atoms with Gasteiger partial charge in [-0.3, -0.25) is 9.20 Å². The number of fused-ring (bicyclic) bond motifs is 1. The summed E-state index contributed by atoms with van der Waals surface area (Å²) >= 11 is 0. The molecule has 0 fully saturated rings. The Morgan fingerprint density at radius 3 is 2.43 bits per heavy atom. The zero-order valence-electron chi connectivity index (χ0n) is 19.5. The van der Waals surface area contributed by atoms with Crippen molar-refractivity contribution in [3.05, 3.63) is 112 Å². The monoisotopic (exact) mass is 469 g/mol. The van der Waals surface area contributed by atoms with Gasteiger partial charge in [0.05, 0.1) is 35.6 Å². The Morgan fingerprint density at radius 2 is 1.74 bits per heavy atom. The maximum atomic E-state index is 14.5.